The Balaban J connectivity index is 2.44. The lowest BCUT2D eigenvalue weighted by atomic mass is 10.1. The van der Waals surface area contributed by atoms with Crippen molar-refractivity contribution in [2.24, 2.45) is 5.10 Å². The van der Waals surface area contributed by atoms with Gasteiger partial charge in [0.15, 0.2) is 0 Å². The number of benzene rings is 2. The van der Waals surface area contributed by atoms with Crippen LogP contribution in [0, 0.1) is 0 Å². The molecule has 0 bridgehead atoms. The van der Waals surface area contributed by atoms with Gasteiger partial charge in [0.25, 0.3) is 0 Å². The normalized spacial score (nSPS) is 12.2. The highest BCUT2D eigenvalue weighted by Gasteiger charge is 2.34. The van der Waals surface area contributed by atoms with Crippen LogP contribution in [0.2, 0.25) is 5.02 Å². The van der Waals surface area contributed by atoms with E-state index < -0.39 is 11.7 Å². The maximum atomic E-state index is 13.1. The standard InChI is InChI=1S/C17H17ClF3N3/c1-11(13-10-12(18)8-9-15(13)22-2)23-24(3)16-7-5-4-6-14(16)17(19,20)21/h4-10,22H,1-3H3/b23-11+. The number of nitrogens with one attached hydrogen (secondary N) is 1. The zero-order valence-corrected chi connectivity index (χ0v) is 14.2. The van der Waals surface area contributed by atoms with Gasteiger partial charge in [-0.15, -0.1) is 0 Å². The number of alkyl halides is 3. The summed E-state index contributed by atoms with van der Waals surface area (Å²) in [6.45, 7) is 1.72. The molecule has 0 fully saturated rings. The van der Waals surface area contributed by atoms with E-state index in [0.717, 1.165) is 17.3 Å². The Hall–Kier alpha value is -2.21. The van der Waals surface area contributed by atoms with Gasteiger partial charge in [-0.2, -0.15) is 18.3 Å². The van der Waals surface area contributed by atoms with Gasteiger partial charge in [-0.1, -0.05) is 23.7 Å². The lowest BCUT2D eigenvalue weighted by molar-refractivity contribution is -0.137. The Bertz CT molecular complexity index is 757. The Morgan fingerprint density at radius 1 is 1.17 bits per heavy atom. The number of nitrogens with zero attached hydrogens (tertiary/aromatic N) is 2. The third kappa shape index (κ3) is 4.00. The zero-order valence-electron chi connectivity index (χ0n) is 13.4. The summed E-state index contributed by atoms with van der Waals surface area (Å²) in [6.07, 6.45) is -4.44. The van der Waals surface area contributed by atoms with Crippen molar-refractivity contribution in [1.82, 2.24) is 0 Å². The first-order chi connectivity index (χ1) is 11.2. The molecule has 1 N–H and O–H groups in total. The summed E-state index contributed by atoms with van der Waals surface area (Å²) in [6, 6.07) is 10.6. The molecule has 0 radical (unpaired) electrons. The lowest BCUT2D eigenvalue weighted by Gasteiger charge is -2.20. The molecule has 0 heterocycles. The minimum Gasteiger partial charge on any atom is -0.388 e. The second-order valence-electron chi connectivity index (χ2n) is 5.16. The average molecular weight is 356 g/mol. The Morgan fingerprint density at radius 3 is 2.46 bits per heavy atom. The van der Waals surface area contributed by atoms with E-state index in [2.05, 4.69) is 10.4 Å². The van der Waals surface area contributed by atoms with Gasteiger partial charge in [0.1, 0.15) is 0 Å². The van der Waals surface area contributed by atoms with E-state index in [4.69, 9.17) is 11.6 Å². The van der Waals surface area contributed by atoms with Gasteiger partial charge in [0, 0.05) is 30.4 Å². The number of halogens is 4. The number of anilines is 2. The van der Waals surface area contributed by atoms with Crippen molar-refractivity contribution in [3.63, 3.8) is 0 Å². The number of rotatable bonds is 4. The van der Waals surface area contributed by atoms with Gasteiger partial charge >= 0.3 is 6.18 Å². The van der Waals surface area contributed by atoms with Crippen LogP contribution in [-0.4, -0.2) is 19.8 Å². The van der Waals surface area contributed by atoms with Crippen LogP contribution in [0.5, 0.6) is 0 Å². The van der Waals surface area contributed by atoms with Crippen LogP contribution in [-0.2, 0) is 6.18 Å². The van der Waals surface area contributed by atoms with E-state index in [9.17, 15) is 13.2 Å². The van der Waals surface area contributed by atoms with E-state index in [-0.39, 0.29) is 5.69 Å². The summed E-state index contributed by atoms with van der Waals surface area (Å²) in [5, 5.41) is 9.05. The van der Waals surface area contributed by atoms with Crippen LogP contribution in [0.25, 0.3) is 0 Å². The summed E-state index contributed by atoms with van der Waals surface area (Å²) in [5.41, 5.74) is 1.31. The van der Waals surface area contributed by atoms with Crippen LogP contribution in [0.4, 0.5) is 24.5 Å². The summed E-state index contributed by atoms with van der Waals surface area (Å²) in [4.78, 5) is 0. The first-order valence-electron chi connectivity index (χ1n) is 7.17. The SMILES string of the molecule is CNc1ccc(Cl)cc1/C(C)=N/N(C)c1ccccc1C(F)(F)F. The summed E-state index contributed by atoms with van der Waals surface area (Å²) in [5.74, 6) is 0. The van der Waals surface area contributed by atoms with E-state index in [0.29, 0.717) is 10.7 Å². The van der Waals surface area contributed by atoms with Crippen LogP contribution in [0.15, 0.2) is 47.6 Å². The van der Waals surface area contributed by atoms with Gasteiger partial charge < -0.3 is 5.32 Å². The quantitative estimate of drug-likeness (QED) is 0.598. The topological polar surface area (TPSA) is 27.6 Å². The minimum absolute atomic E-state index is 0.0163. The van der Waals surface area contributed by atoms with Crippen molar-refractivity contribution in [1.29, 1.82) is 0 Å². The molecule has 0 aliphatic rings. The Labute approximate surface area is 143 Å². The molecule has 24 heavy (non-hydrogen) atoms. The van der Waals surface area contributed by atoms with Gasteiger partial charge in [-0.25, -0.2) is 0 Å². The fraction of sp³-hybridized carbons (Fsp3) is 0.235. The van der Waals surface area contributed by atoms with Crippen LogP contribution in [0.3, 0.4) is 0 Å². The van der Waals surface area contributed by atoms with Gasteiger partial charge in [-0.05, 0) is 37.3 Å². The molecule has 0 aliphatic carbocycles. The molecule has 7 heteroatoms. The largest absolute Gasteiger partial charge is 0.418 e. The second kappa shape index (κ2) is 7.13. The van der Waals surface area contributed by atoms with Crippen molar-refractivity contribution in [2.75, 3.05) is 24.4 Å². The molecule has 0 saturated heterocycles. The molecule has 2 rings (SSSR count). The fourth-order valence-electron chi connectivity index (χ4n) is 2.36. The van der Waals surface area contributed by atoms with Crippen molar-refractivity contribution in [3.8, 4) is 0 Å². The van der Waals surface area contributed by atoms with Crippen molar-refractivity contribution >= 4 is 28.7 Å². The smallest absolute Gasteiger partial charge is 0.388 e. The number of hydrogen-bond donors (Lipinski definition) is 1. The first-order valence-corrected chi connectivity index (χ1v) is 7.54. The second-order valence-corrected chi connectivity index (χ2v) is 5.60. The molecule has 0 aromatic heterocycles. The fourth-order valence-corrected chi connectivity index (χ4v) is 2.53. The summed E-state index contributed by atoms with van der Waals surface area (Å²) < 4.78 is 39.4. The highest BCUT2D eigenvalue weighted by molar-refractivity contribution is 6.31. The van der Waals surface area contributed by atoms with Crippen LogP contribution >= 0.6 is 11.6 Å². The van der Waals surface area contributed by atoms with E-state index in [1.54, 1.807) is 38.2 Å². The maximum Gasteiger partial charge on any atom is 0.418 e. The molecule has 2 aromatic carbocycles. The molecule has 0 spiro atoms. The molecule has 3 nitrogen and oxygen atoms in total. The molecule has 0 saturated carbocycles. The van der Waals surface area contributed by atoms with Crippen LogP contribution in [0.1, 0.15) is 18.1 Å². The monoisotopic (exact) mass is 355 g/mol. The molecule has 0 aliphatic heterocycles. The molecule has 0 unspecified atom stereocenters. The summed E-state index contributed by atoms with van der Waals surface area (Å²) in [7, 11) is 3.24. The third-order valence-corrected chi connectivity index (χ3v) is 3.73. The Kier molecular flexibility index (Phi) is 5.39. The van der Waals surface area contributed by atoms with E-state index >= 15 is 0 Å². The van der Waals surface area contributed by atoms with Crippen LogP contribution < -0.4 is 10.3 Å². The van der Waals surface area contributed by atoms with E-state index in [1.807, 2.05) is 0 Å². The van der Waals surface area contributed by atoms with Gasteiger partial charge in [0.2, 0.25) is 0 Å². The third-order valence-electron chi connectivity index (χ3n) is 3.50. The summed E-state index contributed by atoms with van der Waals surface area (Å²) >= 11 is 6.01. The number of para-hydroxylation sites is 1. The predicted molar refractivity (Wildman–Crippen MR) is 93.1 cm³/mol. The number of hydrazone groups is 1. The van der Waals surface area contributed by atoms with Crippen molar-refractivity contribution in [2.45, 2.75) is 13.1 Å². The predicted octanol–water partition coefficient (Wildman–Crippen LogP) is 5.26. The van der Waals surface area contributed by atoms with Crippen molar-refractivity contribution in [3.05, 3.63) is 58.6 Å². The molecule has 128 valence electrons. The lowest BCUT2D eigenvalue weighted by Crippen LogP contribution is -2.18. The minimum atomic E-state index is -4.44. The molecule has 0 atom stereocenters. The number of hydrogen-bond acceptors (Lipinski definition) is 3. The molecular weight excluding hydrogens is 339 g/mol. The van der Waals surface area contributed by atoms with Gasteiger partial charge in [-0.3, -0.25) is 5.01 Å². The highest BCUT2D eigenvalue weighted by Crippen LogP contribution is 2.36. The van der Waals surface area contributed by atoms with Crippen molar-refractivity contribution < 1.29 is 13.2 Å². The highest BCUT2D eigenvalue weighted by atomic mass is 35.5. The van der Waals surface area contributed by atoms with E-state index in [1.165, 1.54) is 24.2 Å². The maximum absolute atomic E-state index is 13.1. The van der Waals surface area contributed by atoms with Gasteiger partial charge in [0.05, 0.1) is 17.0 Å². The molecule has 0 amide bonds. The average Bonchev–Trinajstić information content (AvgIpc) is 2.53. The first kappa shape index (κ1) is 18.1. The molecular formula is C17H17ClF3N3. The zero-order chi connectivity index (χ0) is 17.9. The Morgan fingerprint density at radius 2 is 1.83 bits per heavy atom. The molecule has 2 aromatic rings.